The Morgan fingerprint density at radius 1 is 1.04 bits per heavy atom. The highest BCUT2D eigenvalue weighted by Gasteiger charge is 2.55. The van der Waals surface area contributed by atoms with Gasteiger partial charge in [-0.2, -0.15) is 0 Å². The van der Waals surface area contributed by atoms with E-state index in [1.54, 1.807) is 11.1 Å². The minimum absolute atomic E-state index is 0.135. The SMILES string of the molecule is C=CCOC(c1ccccc1)[C@H]1CC[C@]2(C)c3ccccc3CC[C@H]2C1(C)C. The van der Waals surface area contributed by atoms with Crippen LogP contribution in [0.5, 0.6) is 0 Å². The number of ether oxygens (including phenoxy) is 1. The van der Waals surface area contributed by atoms with Crippen molar-refractivity contribution in [2.75, 3.05) is 6.61 Å². The number of rotatable bonds is 5. The maximum absolute atomic E-state index is 6.42. The van der Waals surface area contributed by atoms with Crippen LogP contribution in [0, 0.1) is 17.3 Å². The Balaban J connectivity index is 1.71. The summed E-state index contributed by atoms with van der Waals surface area (Å²) in [6.45, 7) is 12.0. The fourth-order valence-electron chi connectivity index (χ4n) is 6.49. The van der Waals surface area contributed by atoms with Gasteiger partial charge in [-0.3, -0.25) is 0 Å². The lowest BCUT2D eigenvalue weighted by Gasteiger charge is -2.59. The summed E-state index contributed by atoms with van der Waals surface area (Å²) in [5, 5.41) is 0. The third-order valence-electron chi connectivity index (χ3n) is 7.82. The molecule has 1 nitrogen and oxygen atoms in total. The minimum Gasteiger partial charge on any atom is -0.369 e. The van der Waals surface area contributed by atoms with Crippen LogP contribution < -0.4 is 0 Å². The van der Waals surface area contributed by atoms with Crippen molar-refractivity contribution in [3.63, 3.8) is 0 Å². The molecular formula is C27H34O. The van der Waals surface area contributed by atoms with Crippen molar-refractivity contribution in [3.8, 4) is 0 Å². The second-order valence-electron chi connectivity index (χ2n) is 9.59. The Labute approximate surface area is 170 Å². The predicted molar refractivity (Wildman–Crippen MR) is 117 cm³/mol. The van der Waals surface area contributed by atoms with Crippen LogP contribution in [0.25, 0.3) is 0 Å². The minimum atomic E-state index is 0.135. The van der Waals surface area contributed by atoms with Gasteiger partial charge in [-0.25, -0.2) is 0 Å². The average Bonchev–Trinajstić information content (AvgIpc) is 2.70. The molecule has 0 amide bonds. The van der Waals surface area contributed by atoms with E-state index in [9.17, 15) is 0 Å². The number of benzene rings is 2. The smallest absolute Gasteiger partial charge is 0.0862 e. The average molecular weight is 375 g/mol. The van der Waals surface area contributed by atoms with E-state index in [0.29, 0.717) is 18.4 Å². The number of aryl methyl sites for hydroxylation is 1. The highest BCUT2D eigenvalue weighted by Crippen LogP contribution is 2.61. The molecule has 1 saturated carbocycles. The summed E-state index contributed by atoms with van der Waals surface area (Å²) >= 11 is 0. The van der Waals surface area contributed by atoms with Crippen LogP contribution in [-0.4, -0.2) is 6.61 Å². The van der Waals surface area contributed by atoms with Gasteiger partial charge in [0.15, 0.2) is 0 Å². The molecule has 0 saturated heterocycles. The lowest BCUT2D eigenvalue weighted by molar-refractivity contribution is -0.0933. The summed E-state index contributed by atoms with van der Waals surface area (Å²) in [4.78, 5) is 0. The molecule has 0 radical (unpaired) electrons. The molecule has 148 valence electrons. The van der Waals surface area contributed by atoms with Crippen LogP contribution in [0.2, 0.25) is 0 Å². The van der Waals surface area contributed by atoms with Crippen molar-refractivity contribution in [2.45, 2.75) is 58.0 Å². The maximum Gasteiger partial charge on any atom is 0.0862 e. The van der Waals surface area contributed by atoms with Crippen molar-refractivity contribution in [2.24, 2.45) is 17.3 Å². The third kappa shape index (κ3) is 3.14. The van der Waals surface area contributed by atoms with Crippen LogP contribution in [0.1, 0.15) is 62.8 Å². The zero-order valence-corrected chi connectivity index (χ0v) is 17.7. The molecule has 4 atom stereocenters. The van der Waals surface area contributed by atoms with Crippen molar-refractivity contribution >= 4 is 0 Å². The Morgan fingerprint density at radius 2 is 1.75 bits per heavy atom. The number of hydrogen-bond acceptors (Lipinski definition) is 1. The van der Waals surface area contributed by atoms with E-state index < -0.39 is 0 Å². The molecule has 0 aromatic heterocycles. The van der Waals surface area contributed by atoms with Crippen molar-refractivity contribution in [3.05, 3.63) is 83.9 Å². The van der Waals surface area contributed by atoms with E-state index in [2.05, 4.69) is 81.9 Å². The van der Waals surface area contributed by atoms with E-state index in [1.807, 2.05) is 6.08 Å². The third-order valence-corrected chi connectivity index (χ3v) is 7.82. The van der Waals surface area contributed by atoms with Crippen LogP contribution in [0.4, 0.5) is 0 Å². The molecule has 2 aromatic carbocycles. The van der Waals surface area contributed by atoms with E-state index in [-0.39, 0.29) is 16.9 Å². The molecule has 2 aliphatic rings. The second-order valence-corrected chi connectivity index (χ2v) is 9.59. The lowest BCUT2D eigenvalue weighted by atomic mass is 9.46. The first kappa shape index (κ1) is 19.5. The summed E-state index contributed by atoms with van der Waals surface area (Å²) in [6.07, 6.45) is 6.94. The standard InChI is InChI=1S/C27H34O/c1-5-19-28-25(21-12-7-6-8-13-21)23-17-18-27(4)22-14-10-9-11-20(22)15-16-24(27)26(23,2)3/h5-14,23-25H,1,15-19H2,2-4H3/t23-,24+,25?,27-/m1/s1. The molecule has 0 heterocycles. The van der Waals surface area contributed by atoms with Crippen LogP contribution in [-0.2, 0) is 16.6 Å². The summed E-state index contributed by atoms with van der Waals surface area (Å²) < 4.78 is 6.42. The highest BCUT2D eigenvalue weighted by atomic mass is 16.5. The van der Waals surface area contributed by atoms with Crippen LogP contribution in [0.15, 0.2) is 67.3 Å². The zero-order chi connectivity index (χ0) is 19.8. The first-order valence-corrected chi connectivity index (χ1v) is 10.8. The molecule has 0 aliphatic heterocycles. The molecular weight excluding hydrogens is 340 g/mol. The van der Waals surface area contributed by atoms with Crippen molar-refractivity contribution in [1.29, 1.82) is 0 Å². The second kappa shape index (κ2) is 7.52. The fourth-order valence-corrected chi connectivity index (χ4v) is 6.49. The summed E-state index contributed by atoms with van der Waals surface area (Å²) in [5.41, 5.74) is 4.96. The Morgan fingerprint density at radius 3 is 2.50 bits per heavy atom. The Hall–Kier alpha value is -1.86. The van der Waals surface area contributed by atoms with Gasteiger partial charge in [0.1, 0.15) is 0 Å². The first-order valence-electron chi connectivity index (χ1n) is 10.8. The molecule has 0 spiro atoms. The van der Waals surface area contributed by atoms with Gasteiger partial charge >= 0.3 is 0 Å². The van der Waals surface area contributed by atoms with Gasteiger partial charge in [-0.15, -0.1) is 6.58 Å². The molecule has 0 bridgehead atoms. The quantitative estimate of drug-likeness (QED) is 0.518. The Kier molecular flexibility index (Phi) is 5.22. The van der Waals surface area contributed by atoms with Gasteiger partial charge in [-0.1, -0.05) is 81.4 Å². The Bertz CT molecular complexity index is 821. The largest absolute Gasteiger partial charge is 0.369 e. The van der Waals surface area contributed by atoms with E-state index in [0.717, 1.165) is 0 Å². The number of fused-ring (bicyclic) bond motifs is 3. The summed E-state index contributed by atoms with van der Waals surface area (Å²) in [6, 6.07) is 20.0. The van der Waals surface area contributed by atoms with Gasteiger partial charge in [0.2, 0.25) is 0 Å². The van der Waals surface area contributed by atoms with E-state index in [4.69, 9.17) is 4.74 Å². The van der Waals surface area contributed by atoms with E-state index in [1.165, 1.54) is 31.2 Å². The van der Waals surface area contributed by atoms with Crippen molar-refractivity contribution in [1.82, 2.24) is 0 Å². The molecule has 0 N–H and O–H groups in total. The molecule has 2 aromatic rings. The summed E-state index contributed by atoms with van der Waals surface area (Å²) in [7, 11) is 0. The molecule has 1 unspecified atom stereocenters. The molecule has 28 heavy (non-hydrogen) atoms. The molecule has 1 fully saturated rings. The topological polar surface area (TPSA) is 9.23 Å². The van der Waals surface area contributed by atoms with Gasteiger partial charge in [0.25, 0.3) is 0 Å². The predicted octanol–water partition coefficient (Wildman–Crippen LogP) is 6.89. The number of hydrogen-bond donors (Lipinski definition) is 0. The normalized spacial score (nSPS) is 29.4. The molecule has 4 rings (SSSR count). The maximum atomic E-state index is 6.42. The van der Waals surface area contributed by atoms with Crippen LogP contribution >= 0.6 is 0 Å². The monoisotopic (exact) mass is 374 g/mol. The van der Waals surface area contributed by atoms with Gasteiger partial charge in [0, 0.05) is 0 Å². The van der Waals surface area contributed by atoms with Crippen molar-refractivity contribution < 1.29 is 4.74 Å². The van der Waals surface area contributed by atoms with Crippen LogP contribution in [0.3, 0.4) is 0 Å². The van der Waals surface area contributed by atoms with Gasteiger partial charge in [0.05, 0.1) is 12.7 Å². The fraction of sp³-hybridized carbons (Fsp3) is 0.481. The van der Waals surface area contributed by atoms with Gasteiger partial charge < -0.3 is 4.74 Å². The molecule has 1 heteroatoms. The lowest BCUT2D eigenvalue weighted by Crippen LogP contribution is -2.53. The first-order chi connectivity index (χ1) is 13.5. The van der Waals surface area contributed by atoms with E-state index >= 15 is 0 Å². The molecule has 2 aliphatic carbocycles. The summed E-state index contributed by atoms with van der Waals surface area (Å²) in [5.74, 6) is 1.19. The zero-order valence-electron chi connectivity index (χ0n) is 17.7. The highest BCUT2D eigenvalue weighted by molar-refractivity contribution is 5.39. The van der Waals surface area contributed by atoms with Gasteiger partial charge in [-0.05, 0) is 65.0 Å².